The average molecular weight is 142 g/mol. The monoisotopic (exact) mass is 141 g/mol. The number of furan rings is 1. The molecule has 2 nitrogen and oxygen atoms in total. The van der Waals surface area contributed by atoms with E-state index in [4.69, 9.17) is 22.6 Å². The van der Waals surface area contributed by atoms with E-state index >= 15 is 0 Å². The molecule has 9 heavy (non-hydrogen) atoms. The number of hydrogen-bond acceptors (Lipinski definition) is 1. The lowest BCUT2D eigenvalue weighted by Crippen LogP contribution is -1.67. The second-order valence-electron chi connectivity index (χ2n) is 1.52. The molecule has 46 valence electrons. The highest BCUT2D eigenvalue weighted by molar-refractivity contribution is 6.28. The van der Waals surface area contributed by atoms with Crippen LogP contribution in [-0.4, -0.2) is 0 Å². The molecule has 0 atom stereocenters. The topological polar surface area (TPSA) is 17.5 Å². The fraction of sp³-hybridized carbons (Fsp3) is 0.167. The quantitative estimate of drug-likeness (QED) is 0.549. The molecule has 0 spiro atoms. The minimum Gasteiger partial charge on any atom is -0.442 e. The molecule has 0 saturated heterocycles. The number of rotatable bonds is 1. The zero-order valence-electron chi connectivity index (χ0n) is 4.60. The minimum absolute atomic E-state index is 0.271. The Morgan fingerprint density at radius 2 is 2.44 bits per heavy atom. The summed E-state index contributed by atoms with van der Waals surface area (Å²) in [5.74, 6) is 0.620. The van der Waals surface area contributed by atoms with Crippen LogP contribution in [0.4, 0.5) is 0 Å². The lowest BCUT2D eigenvalue weighted by atomic mass is 10.5. The van der Waals surface area contributed by atoms with Crippen LogP contribution < -0.4 is 0 Å². The van der Waals surface area contributed by atoms with Gasteiger partial charge in [-0.25, -0.2) is 6.57 Å². The van der Waals surface area contributed by atoms with Crippen molar-refractivity contribution < 1.29 is 4.42 Å². The Morgan fingerprint density at radius 1 is 1.67 bits per heavy atom. The molecule has 0 aliphatic heterocycles. The molecule has 0 fully saturated rings. The van der Waals surface area contributed by atoms with Gasteiger partial charge in [-0.15, -0.1) is 0 Å². The fourth-order valence-corrected chi connectivity index (χ4v) is 0.677. The molecular weight excluding hydrogens is 138 g/mol. The fourth-order valence-electron chi connectivity index (χ4n) is 0.515. The van der Waals surface area contributed by atoms with Crippen molar-refractivity contribution in [2.45, 2.75) is 6.54 Å². The first kappa shape index (κ1) is 6.18. The van der Waals surface area contributed by atoms with E-state index in [0.29, 0.717) is 11.0 Å². The highest BCUT2D eigenvalue weighted by Gasteiger charge is 1.99. The van der Waals surface area contributed by atoms with Crippen LogP contribution in [0.25, 0.3) is 4.85 Å². The van der Waals surface area contributed by atoms with Crippen molar-refractivity contribution >= 4 is 11.6 Å². The third-order valence-corrected chi connectivity index (χ3v) is 1.07. The van der Waals surface area contributed by atoms with E-state index in [9.17, 15) is 0 Å². The predicted molar refractivity (Wildman–Crippen MR) is 34.0 cm³/mol. The standard InChI is InChI=1S/C6H4ClNO/c1-8-4-5-2-3-6(7)9-5/h2-3H,4H2. The Labute approximate surface area is 57.9 Å². The third-order valence-electron chi connectivity index (χ3n) is 0.864. The molecule has 0 aromatic carbocycles. The first-order chi connectivity index (χ1) is 4.33. The van der Waals surface area contributed by atoms with Gasteiger partial charge in [-0.1, -0.05) is 0 Å². The highest BCUT2D eigenvalue weighted by atomic mass is 35.5. The van der Waals surface area contributed by atoms with Gasteiger partial charge in [0.05, 0.1) is 0 Å². The van der Waals surface area contributed by atoms with E-state index in [1.807, 2.05) is 0 Å². The van der Waals surface area contributed by atoms with Crippen LogP contribution in [0.2, 0.25) is 5.22 Å². The van der Waals surface area contributed by atoms with Crippen molar-refractivity contribution in [3.05, 3.63) is 34.5 Å². The van der Waals surface area contributed by atoms with Crippen molar-refractivity contribution in [2.75, 3.05) is 0 Å². The summed E-state index contributed by atoms with van der Waals surface area (Å²) in [5.41, 5.74) is 0. The zero-order valence-corrected chi connectivity index (χ0v) is 5.35. The molecule has 1 aromatic heterocycles. The molecule has 3 heteroatoms. The van der Waals surface area contributed by atoms with Gasteiger partial charge in [0.1, 0.15) is 0 Å². The molecule has 0 saturated carbocycles. The van der Waals surface area contributed by atoms with Gasteiger partial charge < -0.3 is 9.26 Å². The van der Waals surface area contributed by atoms with Crippen molar-refractivity contribution in [2.24, 2.45) is 0 Å². The van der Waals surface area contributed by atoms with Gasteiger partial charge in [0.25, 0.3) is 6.54 Å². The second-order valence-corrected chi connectivity index (χ2v) is 1.89. The summed E-state index contributed by atoms with van der Waals surface area (Å²) in [4.78, 5) is 3.12. The van der Waals surface area contributed by atoms with Crippen molar-refractivity contribution in [1.82, 2.24) is 0 Å². The molecule has 1 rings (SSSR count). The van der Waals surface area contributed by atoms with Gasteiger partial charge in [0, 0.05) is 0 Å². The minimum atomic E-state index is 0.271. The SMILES string of the molecule is [C-]#[N+]Cc1ccc(Cl)o1. The summed E-state index contributed by atoms with van der Waals surface area (Å²) in [6, 6.07) is 3.32. The zero-order chi connectivity index (χ0) is 6.69. The van der Waals surface area contributed by atoms with Gasteiger partial charge in [-0.05, 0) is 23.7 Å². The highest BCUT2D eigenvalue weighted by Crippen LogP contribution is 2.13. The van der Waals surface area contributed by atoms with Crippen LogP contribution in [0.5, 0.6) is 0 Å². The van der Waals surface area contributed by atoms with Crippen LogP contribution in [0.1, 0.15) is 5.76 Å². The van der Waals surface area contributed by atoms with Crippen molar-refractivity contribution in [3.63, 3.8) is 0 Å². The van der Waals surface area contributed by atoms with E-state index in [1.54, 1.807) is 12.1 Å². The van der Waals surface area contributed by atoms with Crippen LogP contribution in [-0.2, 0) is 6.54 Å². The number of hydrogen-bond donors (Lipinski definition) is 0. The molecule has 1 aromatic rings. The molecule has 0 amide bonds. The summed E-state index contributed by atoms with van der Waals surface area (Å²) in [7, 11) is 0. The van der Waals surface area contributed by atoms with Gasteiger partial charge in [0.2, 0.25) is 0 Å². The molecule has 0 unspecified atom stereocenters. The van der Waals surface area contributed by atoms with Crippen LogP contribution in [0, 0.1) is 6.57 Å². The molecule has 1 heterocycles. The Balaban J connectivity index is 2.76. The largest absolute Gasteiger partial charge is 0.442 e. The first-order valence-corrected chi connectivity index (χ1v) is 2.78. The van der Waals surface area contributed by atoms with Gasteiger partial charge >= 0.3 is 0 Å². The lowest BCUT2D eigenvalue weighted by Gasteiger charge is -1.78. The summed E-state index contributed by atoms with van der Waals surface area (Å²) in [6.07, 6.45) is 0. The van der Waals surface area contributed by atoms with Gasteiger partial charge in [-0.3, -0.25) is 0 Å². The number of nitrogens with zero attached hydrogens (tertiary/aromatic N) is 1. The van der Waals surface area contributed by atoms with Crippen molar-refractivity contribution in [1.29, 1.82) is 0 Å². The molecular formula is C6H4ClNO. The predicted octanol–water partition coefficient (Wildman–Crippen LogP) is 2.35. The molecule has 0 aliphatic rings. The van der Waals surface area contributed by atoms with Crippen LogP contribution in [0.15, 0.2) is 16.5 Å². The van der Waals surface area contributed by atoms with Gasteiger partial charge in [-0.2, -0.15) is 0 Å². The lowest BCUT2D eigenvalue weighted by molar-refractivity contribution is 0.524. The maximum absolute atomic E-state index is 6.47. The smallest absolute Gasteiger partial charge is 0.271 e. The van der Waals surface area contributed by atoms with E-state index in [1.165, 1.54) is 0 Å². The van der Waals surface area contributed by atoms with Crippen LogP contribution >= 0.6 is 11.6 Å². The van der Waals surface area contributed by atoms with E-state index in [-0.39, 0.29) is 6.54 Å². The van der Waals surface area contributed by atoms with Crippen LogP contribution in [0.3, 0.4) is 0 Å². The maximum Gasteiger partial charge on any atom is 0.271 e. The van der Waals surface area contributed by atoms with E-state index in [0.717, 1.165) is 0 Å². The third kappa shape index (κ3) is 1.48. The average Bonchev–Trinajstić information content (AvgIpc) is 2.17. The van der Waals surface area contributed by atoms with E-state index < -0.39 is 0 Å². The summed E-state index contributed by atoms with van der Waals surface area (Å²) in [6.45, 7) is 6.74. The maximum atomic E-state index is 6.47. The molecule has 0 bridgehead atoms. The first-order valence-electron chi connectivity index (χ1n) is 2.40. The molecule has 0 aliphatic carbocycles. The van der Waals surface area contributed by atoms with Gasteiger partial charge in [0.15, 0.2) is 11.0 Å². The summed E-state index contributed by atoms with van der Waals surface area (Å²) < 4.78 is 4.88. The van der Waals surface area contributed by atoms with Crippen molar-refractivity contribution in [3.8, 4) is 0 Å². The molecule has 0 radical (unpaired) electrons. The Bertz CT molecular complexity index is 235. The Kier molecular flexibility index (Phi) is 1.76. The second kappa shape index (κ2) is 2.56. The Morgan fingerprint density at radius 3 is 2.89 bits per heavy atom. The Hall–Kier alpha value is -0.940. The number of halogens is 1. The van der Waals surface area contributed by atoms with E-state index in [2.05, 4.69) is 4.85 Å². The molecule has 0 N–H and O–H groups in total. The summed E-state index contributed by atoms with van der Waals surface area (Å²) >= 11 is 5.43. The summed E-state index contributed by atoms with van der Waals surface area (Å²) in [5, 5.41) is 0.341. The normalized spacial score (nSPS) is 8.89.